The Kier molecular flexibility index (Phi) is 6.67. The monoisotopic (exact) mass is 352 g/mol. The molecule has 1 N–H and O–H groups in total. The first-order valence-electron chi connectivity index (χ1n) is 9.54. The van der Waals surface area contributed by atoms with Crippen LogP contribution in [0, 0.1) is 0 Å². The molecule has 1 heterocycles. The minimum absolute atomic E-state index is 0.0340. The molecule has 0 aromatic heterocycles. The van der Waals surface area contributed by atoms with Crippen LogP contribution in [-0.2, 0) is 6.54 Å². The molecule has 2 aromatic carbocycles. The molecule has 0 bridgehead atoms. The lowest BCUT2D eigenvalue weighted by Crippen LogP contribution is -2.44. The Morgan fingerprint density at radius 1 is 1.08 bits per heavy atom. The van der Waals surface area contributed by atoms with Crippen molar-refractivity contribution < 1.29 is 9.53 Å². The van der Waals surface area contributed by atoms with Crippen LogP contribution < -0.4 is 10.1 Å². The van der Waals surface area contributed by atoms with Gasteiger partial charge in [-0.05, 0) is 49.1 Å². The topological polar surface area (TPSA) is 41.6 Å². The molecule has 1 fully saturated rings. The Morgan fingerprint density at radius 3 is 2.42 bits per heavy atom. The van der Waals surface area contributed by atoms with Crippen molar-refractivity contribution in [3.8, 4) is 5.75 Å². The molecule has 1 aliphatic heterocycles. The second-order valence-electron chi connectivity index (χ2n) is 6.88. The molecule has 0 radical (unpaired) electrons. The minimum atomic E-state index is 0.0340. The van der Waals surface area contributed by atoms with E-state index in [4.69, 9.17) is 4.74 Å². The van der Waals surface area contributed by atoms with Crippen LogP contribution in [0.4, 0.5) is 0 Å². The molecule has 2 aromatic rings. The van der Waals surface area contributed by atoms with Gasteiger partial charge in [-0.15, -0.1) is 0 Å². The van der Waals surface area contributed by atoms with Gasteiger partial charge in [-0.1, -0.05) is 37.3 Å². The first kappa shape index (κ1) is 18.5. The van der Waals surface area contributed by atoms with Crippen molar-refractivity contribution in [1.29, 1.82) is 0 Å². The zero-order valence-corrected chi connectivity index (χ0v) is 15.5. The van der Waals surface area contributed by atoms with E-state index in [1.54, 1.807) is 0 Å². The highest BCUT2D eigenvalue weighted by molar-refractivity contribution is 5.94. The van der Waals surface area contributed by atoms with Crippen LogP contribution in [0.1, 0.15) is 42.1 Å². The average molecular weight is 352 g/mol. The van der Waals surface area contributed by atoms with Gasteiger partial charge in [-0.25, -0.2) is 0 Å². The van der Waals surface area contributed by atoms with Gasteiger partial charge in [-0.3, -0.25) is 9.69 Å². The number of hydrogen-bond acceptors (Lipinski definition) is 3. The van der Waals surface area contributed by atoms with Crippen LogP contribution in [0.15, 0.2) is 54.6 Å². The number of piperidine rings is 1. The normalized spacial score (nSPS) is 15.6. The van der Waals surface area contributed by atoms with Gasteiger partial charge in [-0.2, -0.15) is 0 Å². The highest BCUT2D eigenvalue weighted by atomic mass is 16.5. The first-order valence-corrected chi connectivity index (χ1v) is 9.54. The number of carbonyl (C=O) groups is 1. The molecule has 1 saturated heterocycles. The highest BCUT2D eigenvalue weighted by Gasteiger charge is 2.21. The molecule has 26 heavy (non-hydrogen) atoms. The maximum atomic E-state index is 12.3. The number of nitrogens with one attached hydrogen (secondary N) is 1. The van der Waals surface area contributed by atoms with E-state index in [1.165, 1.54) is 5.56 Å². The van der Waals surface area contributed by atoms with Gasteiger partial charge in [0, 0.05) is 31.2 Å². The van der Waals surface area contributed by atoms with E-state index in [1.807, 2.05) is 30.3 Å². The van der Waals surface area contributed by atoms with Crippen molar-refractivity contribution in [3.63, 3.8) is 0 Å². The Bertz CT molecular complexity index is 677. The summed E-state index contributed by atoms with van der Waals surface area (Å²) in [5, 5.41) is 3.16. The van der Waals surface area contributed by atoms with Gasteiger partial charge in [0.25, 0.3) is 5.91 Å². The number of carbonyl (C=O) groups excluding carboxylic acids is 1. The molecule has 1 aliphatic rings. The number of amides is 1. The summed E-state index contributed by atoms with van der Waals surface area (Å²) in [5.74, 6) is 0.977. The van der Waals surface area contributed by atoms with Gasteiger partial charge < -0.3 is 10.1 Å². The molecule has 0 unspecified atom stereocenters. The summed E-state index contributed by atoms with van der Waals surface area (Å²) in [7, 11) is 0. The standard InChI is InChI=1S/C22H28N2O2/c1-2-16-26-21-10-8-18(9-11-21)17-24-14-12-20(13-15-24)23-22(25)19-6-4-3-5-7-19/h3-11,20H,2,12-17H2,1H3,(H,23,25). The summed E-state index contributed by atoms with van der Waals surface area (Å²) < 4.78 is 5.63. The number of hydrogen-bond donors (Lipinski definition) is 1. The molecule has 3 rings (SSSR count). The van der Waals surface area contributed by atoms with Crippen LogP contribution in [0.25, 0.3) is 0 Å². The number of likely N-dealkylation sites (tertiary alicyclic amines) is 1. The lowest BCUT2D eigenvalue weighted by Gasteiger charge is -2.32. The zero-order valence-electron chi connectivity index (χ0n) is 15.5. The number of nitrogens with zero attached hydrogens (tertiary/aromatic N) is 1. The molecular weight excluding hydrogens is 324 g/mol. The predicted molar refractivity (Wildman–Crippen MR) is 104 cm³/mol. The van der Waals surface area contributed by atoms with Gasteiger partial charge in [0.05, 0.1) is 6.61 Å². The number of benzene rings is 2. The van der Waals surface area contributed by atoms with E-state index < -0.39 is 0 Å². The van der Waals surface area contributed by atoms with Crippen molar-refractivity contribution in [2.75, 3.05) is 19.7 Å². The summed E-state index contributed by atoms with van der Waals surface area (Å²) >= 11 is 0. The van der Waals surface area contributed by atoms with Crippen LogP contribution >= 0.6 is 0 Å². The smallest absolute Gasteiger partial charge is 0.251 e. The van der Waals surface area contributed by atoms with Crippen LogP contribution in [-0.4, -0.2) is 36.5 Å². The van der Waals surface area contributed by atoms with Gasteiger partial charge in [0.1, 0.15) is 5.75 Å². The highest BCUT2D eigenvalue weighted by Crippen LogP contribution is 2.17. The largest absolute Gasteiger partial charge is 0.494 e. The minimum Gasteiger partial charge on any atom is -0.494 e. The van der Waals surface area contributed by atoms with Crippen LogP contribution in [0.3, 0.4) is 0 Å². The summed E-state index contributed by atoms with van der Waals surface area (Å²) in [4.78, 5) is 14.7. The predicted octanol–water partition coefficient (Wildman–Crippen LogP) is 3.87. The maximum absolute atomic E-state index is 12.3. The Morgan fingerprint density at radius 2 is 1.77 bits per heavy atom. The maximum Gasteiger partial charge on any atom is 0.251 e. The molecule has 138 valence electrons. The van der Waals surface area contributed by atoms with E-state index in [0.717, 1.165) is 56.8 Å². The lowest BCUT2D eigenvalue weighted by molar-refractivity contribution is 0.0909. The van der Waals surface area contributed by atoms with E-state index >= 15 is 0 Å². The lowest BCUT2D eigenvalue weighted by atomic mass is 10.0. The molecule has 0 aliphatic carbocycles. The van der Waals surface area contributed by atoms with Gasteiger partial charge in [0.2, 0.25) is 0 Å². The Balaban J connectivity index is 1.43. The van der Waals surface area contributed by atoms with Crippen molar-refractivity contribution in [3.05, 3.63) is 65.7 Å². The fourth-order valence-electron chi connectivity index (χ4n) is 3.26. The molecule has 0 atom stereocenters. The average Bonchev–Trinajstić information content (AvgIpc) is 2.69. The molecule has 4 heteroatoms. The van der Waals surface area contributed by atoms with Crippen LogP contribution in [0.5, 0.6) is 5.75 Å². The Hall–Kier alpha value is -2.33. The molecule has 1 amide bonds. The third-order valence-corrected chi connectivity index (χ3v) is 4.76. The second kappa shape index (κ2) is 9.39. The SMILES string of the molecule is CCCOc1ccc(CN2CCC(NC(=O)c3ccccc3)CC2)cc1. The quantitative estimate of drug-likeness (QED) is 0.822. The first-order chi connectivity index (χ1) is 12.7. The third kappa shape index (κ3) is 5.33. The Labute approximate surface area is 156 Å². The fraction of sp³-hybridized carbons (Fsp3) is 0.409. The van der Waals surface area contributed by atoms with Crippen molar-refractivity contribution in [2.45, 2.75) is 38.8 Å². The summed E-state index contributed by atoms with van der Waals surface area (Å²) in [6, 6.07) is 18.1. The summed E-state index contributed by atoms with van der Waals surface area (Å²) in [6.07, 6.45) is 3.02. The summed E-state index contributed by atoms with van der Waals surface area (Å²) in [5.41, 5.74) is 2.04. The molecule has 0 saturated carbocycles. The van der Waals surface area contributed by atoms with Gasteiger partial charge >= 0.3 is 0 Å². The van der Waals surface area contributed by atoms with E-state index in [2.05, 4.69) is 41.4 Å². The van der Waals surface area contributed by atoms with Gasteiger partial charge in [0.15, 0.2) is 0 Å². The van der Waals surface area contributed by atoms with E-state index in [9.17, 15) is 4.79 Å². The van der Waals surface area contributed by atoms with Crippen molar-refractivity contribution in [1.82, 2.24) is 10.2 Å². The second-order valence-corrected chi connectivity index (χ2v) is 6.88. The molecular formula is C22H28N2O2. The molecule has 0 spiro atoms. The van der Waals surface area contributed by atoms with Crippen molar-refractivity contribution in [2.24, 2.45) is 0 Å². The van der Waals surface area contributed by atoms with E-state index in [0.29, 0.717) is 0 Å². The van der Waals surface area contributed by atoms with Crippen LogP contribution in [0.2, 0.25) is 0 Å². The number of rotatable bonds is 7. The van der Waals surface area contributed by atoms with Crippen molar-refractivity contribution >= 4 is 5.91 Å². The number of ether oxygens (including phenoxy) is 1. The fourth-order valence-corrected chi connectivity index (χ4v) is 3.26. The van der Waals surface area contributed by atoms with E-state index in [-0.39, 0.29) is 11.9 Å². The molecule has 4 nitrogen and oxygen atoms in total. The zero-order chi connectivity index (χ0) is 18.2. The summed E-state index contributed by atoms with van der Waals surface area (Å²) in [6.45, 7) is 5.84. The third-order valence-electron chi connectivity index (χ3n) is 4.76.